The van der Waals surface area contributed by atoms with Gasteiger partial charge in [-0.25, -0.2) is 0 Å². The predicted octanol–water partition coefficient (Wildman–Crippen LogP) is 3.67. The first-order valence-corrected chi connectivity index (χ1v) is 4.50. The molecule has 0 aromatic heterocycles. The van der Waals surface area contributed by atoms with Crippen LogP contribution < -0.4 is 0 Å². The molecule has 0 aromatic rings. The number of hydrogen-bond acceptors (Lipinski definition) is 0. The first-order chi connectivity index (χ1) is 5.41. The molecular formula is C10H17F. The van der Waals surface area contributed by atoms with E-state index in [0.717, 1.165) is 12.8 Å². The predicted molar refractivity (Wildman–Crippen MR) is 46.9 cm³/mol. The van der Waals surface area contributed by atoms with Crippen LogP contribution >= 0.6 is 0 Å². The third-order valence-electron chi connectivity index (χ3n) is 1.72. The maximum Gasteiger partial charge on any atom is 0.105 e. The molecule has 0 bridgehead atoms. The molecule has 0 heterocycles. The molecule has 0 fully saturated rings. The Hall–Kier alpha value is -0.510. The number of rotatable bonds is 6. The van der Waals surface area contributed by atoms with Gasteiger partial charge in [-0.1, -0.05) is 44.9 Å². The molecule has 0 atom stereocenters. The second kappa shape index (κ2) is 9.49. The highest BCUT2D eigenvalue weighted by molar-refractivity contribution is 4.89. The smallest absolute Gasteiger partial charge is 0.105 e. The van der Waals surface area contributed by atoms with Crippen molar-refractivity contribution in [2.45, 2.75) is 51.9 Å². The highest BCUT2D eigenvalue weighted by Crippen LogP contribution is 2.05. The van der Waals surface area contributed by atoms with Crippen molar-refractivity contribution >= 4 is 0 Å². The normalized spacial score (nSPS) is 8.91. The summed E-state index contributed by atoms with van der Waals surface area (Å²) < 4.78 is 11.3. The van der Waals surface area contributed by atoms with E-state index in [-0.39, 0.29) is 0 Å². The van der Waals surface area contributed by atoms with Gasteiger partial charge in [0.15, 0.2) is 0 Å². The van der Waals surface area contributed by atoms with Gasteiger partial charge in [0.25, 0.3) is 0 Å². The van der Waals surface area contributed by atoms with Gasteiger partial charge in [-0.05, 0) is 6.42 Å². The van der Waals surface area contributed by atoms with Crippen LogP contribution in [0.25, 0.3) is 0 Å². The van der Waals surface area contributed by atoms with Gasteiger partial charge in [-0.2, -0.15) is 0 Å². The van der Waals surface area contributed by atoms with E-state index < -0.39 is 0 Å². The minimum atomic E-state index is 0.725. The van der Waals surface area contributed by atoms with Gasteiger partial charge in [0.2, 0.25) is 0 Å². The van der Waals surface area contributed by atoms with E-state index in [4.69, 9.17) is 0 Å². The molecule has 0 aliphatic rings. The molecule has 0 aliphatic carbocycles. The molecule has 0 N–H and O–H groups in total. The van der Waals surface area contributed by atoms with Crippen LogP contribution in [0.4, 0.5) is 4.39 Å². The second-order valence-corrected chi connectivity index (χ2v) is 2.79. The summed E-state index contributed by atoms with van der Waals surface area (Å²) in [5.74, 6) is 2.42. The lowest BCUT2D eigenvalue weighted by Gasteiger charge is -1.95. The van der Waals surface area contributed by atoms with E-state index in [1.165, 1.54) is 38.3 Å². The highest BCUT2D eigenvalue weighted by atomic mass is 19.1. The quantitative estimate of drug-likeness (QED) is 0.406. The Morgan fingerprint density at radius 2 is 1.64 bits per heavy atom. The molecule has 0 saturated heterocycles. The van der Waals surface area contributed by atoms with Gasteiger partial charge >= 0.3 is 0 Å². The van der Waals surface area contributed by atoms with Crippen LogP contribution in [-0.2, 0) is 0 Å². The fraction of sp³-hybridized carbons (Fsp3) is 0.800. The number of unbranched alkanes of at least 4 members (excludes halogenated alkanes) is 6. The molecule has 0 aromatic carbocycles. The molecule has 1 heteroatoms. The molecule has 0 unspecified atom stereocenters. The number of halogens is 1. The van der Waals surface area contributed by atoms with Gasteiger partial charge in [-0.15, -0.1) is 4.39 Å². The largest absolute Gasteiger partial charge is 0.144 e. The van der Waals surface area contributed by atoms with Crippen LogP contribution in [-0.4, -0.2) is 0 Å². The molecule has 64 valence electrons. The molecule has 0 radical (unpaired) electrons. The van der Waals surface area contributed by atoms with Crippen molar-refractivity contribution in [2.24, 2.45) is 0 Å². The summed E-state index contributed by atoms with van der Waals surface area (Å²) in [6, 6.07) is 0. The summed E-state index contributed by atoms with van der Waals surface area (Å²) in [5, 5.41) is 0. The van der Waals surface area contributed by atoms with E-state index in [1.807, 2.05) is 0 Å². The average Bonchev–Trinajstić information content (AvgIpc) is 2.03. The zero-order valence-electron chi connectivity index (χ0n) is 7.33. The Morgan fingerprint density at radius 3 is 2.27 bits per heavy atom. The Balaban J connectivity index is 2.83. The lowest BCUT2D eigenvalue weighted by Crippen LogP contribution is -1.77. The molecule has 0 nitrogen and oxygen atoms in total. The molecule has 0 aliphatic heterocycles. The SMILES string of the molecule is CCCCCCCCC#CF. The van der Waals surface area contributed by atoms with Crippen molar-refractivity contribution < 1.29 is 4.39 Å². The summed E-state index contributed by atoms with van der Waals surface area (Å²) in [5.41, 5.74) is 0. The first-order valence-electron chi connectivity index (χ1n) is 4.50. The maximum absolute atomic E-state index is 11.3. The Morgan fingerprint density at radius 1 is 1.00 bits per heavy atom. The minimum absolute atomic E-state index is 0.725. The zero-order chi connectivity index (χ0) is 8.36. The Labute approximate surface area is 69.2 Å². The third-order valence-corrected chi connectivity index (χ3v) is 1.72. The van der Waals surface area contributed by atoms with Crippen LogP contribution in [0.5, 0.6) is 0 Å². The third kappa shape index (κ3) is 9.49. The molecular weight excluding hydrogens is 139 g/mol. The van der Waals surface area contributed by atoms with Crippen LogP contribution in [0.2, 0.25) is 0 Å². The summed E-state index contributed by atoms with van der Waals surface area (Å²) in [6.45, 7) is 2.20. The highest BCUT2D eigenvalue weighted by Gasteiger charge is 1.87. The van der Waals surface area contributed by atoms with Gasteiger partial charge in [-0.3, -0.25) is 0 Å². The van der Waals surface area contributed by atoms with E-state index in [2.05, 4.69) is 12.8 Å². The van der Waals surface area contributed by atoms with Crippen LogP contribution in [0, 0.1) is 12.1 Å². The summed E-state index contributed by atoms with van der Waals surface area (Å²) in [6.07, 6.45) is 9.61. The minimum Gasteiger partial charge on any atom is -0.144 e. The van der Waals surface area contributed by atoms with Crippen molar-refractivity contribution in [3.8, 4) is 12.1 Å². The van der Waals surface area contributed by atoms with Crippen molar-refractivity contribution in [3.05, 3.63) is 0 Å². The van der Waals surface area contributed by atoms with Crippen molar-refractivity contribution in [1.29, 1.82) is 0 Å². The van der Waals surface area contributed by atoms with Crippen LogP contribution in [0.3, 0.4) is 0 Å². The van der Waals surface area contributed by atoms with E-state index in [1.54, 1.807) is 0 Å². The fourth-order valence-corrected chi connectivity index (χ4v) is 1.04. The van der Waals surface area contributed by atoms with Gasteiger partial charge in [0.05, 0.1) is 0 Å². The average molecular weight is 156 g/mol. The zero-order valence-corrected chi connectivity index (χ0v) is 7.33. The standard InChI is InChI=1S/C10H17F/c1-2-3-4-5-6-7-8-9-10-11/h2-8H2,1H3. The van der Waals surface area contributed by atoms with E-state index >= 15 is 0 Å². The van der Waals surface area contributed by atoms with Crippen LogP contribution in [0.15, 0.2) is 0 Å². The molecule has 0 spiro atoms. The second-order valence-electron chi connectivity index (χ2n) is 2.79. The molecule has 0 amide bonds. The molecule has 0 rings (SSSR count). The Bertz CT molecular complexity index is 119. The van der Waals surface area contributed by atoms with Gasteiger partial charge in [0, 0.05) is 6.42 Å². The Kier molecular flexibility index (Phi) is 9.05. The van der Waals surface area contributed by atoms with Crippen molar-refractivity contribution in [2.75, 3.05) is 0 Å². The fourth-order valence-electron chi connectivity index (χ4n) is 1.04. The lowest BCUT2D eigenvalue weighted by atomic mass is 10.1. The molecule has 11 heavy (non-hydrogen) atoms. The summed E-state index contributed by atoms with van der Waals surface area (Å²) in [7, 11) is 0. The molecule has 0 saturated carbocycles. The summed E-state index contributed by atoms with van der Waals surface area (Å²) in [4.78, 5) is 0. The first kappa shape index (κ1) is 10.5. The van der Waals surface area contributed by atoms with Gasteiger partial charge < -0.3 is 0 Å². The summed E-state index contributed by atoms with van der Waals surface area (Å²) >= 11 is 0. The van der Waals surface area contributed by atoms with Crippen LogP contribution in [0.1, 0.15) is 51.9 Å². The number of hydrogen-bond donors (Lipinski definition) is 0. The maximum atomic E-state index is 11.3. The monoisotopic (exact) mass is 156 g/mol. The van der Waals surface area contributed by atoms with E-state index in [0.29, 0.717) is 0 Å². The lowest BCUT2D eigenvalue weighted by molar-refractivity contribution is 0.613. The van der Waals surface area contributed by atoms with Crippen molar-refractivity contribution in [3.63, 3.8) is 0 Å². The van der Waals surface area contributed by atoms with Crippen molar-refractivity contribution in [1.82, 2.24) is 0 Å². The topological polar surface area (TPSA) is 0 Å². The van der Waals surface area contributed by atoms with Gasteiger partial charge in [0.1, 0.15) is 6.17 Å². The van der Waals surface area contributed by atoms with E-state index in [9.17, 15) is 4.39 Å².